The molecule has 0 saturated heterocycles. The number of ether oxygens (including phenoxy) is 1. The molecular weight excluding hydrogens is 550 g/mol. The second-order valence-corrected chi connectivity index (χ2v) is 14.0. The monoisotopic (exact) mass is 587 g/mol. The molecule has 5 rings (SSSR count). The Bertz CT molecular complexity index is 1380. The van der Waals surface area contributed by atoms with Crippen LogP contribution in [0.4, 0.5) is 5.69 Å². The molecule has 216 valence electrons. The lowest BCUT2D eigenvalue weighted by atomic mass is 9.73. The lowest BCUT2D eigenvalue weighted by Gasteiger charge is -2.41. The molecule has 1 fully saturated rings. The molecule has 2 heterocycles. The molecule has 1 aliphatic carbocycles. The first kappa shape index (κ1) is 28.7. The van der Waals surface area contributed by atoms with Gasteiger partial charge in [-0.15, -0.1) is 0 Å². The van der Waals surface area contributed by atoms with Crippen LogP contribution < -0.4 is 19.7 Å². The second-order valence-electron chi connectivity index (χ2n) is 11.6. The van der Waals surface area contributed by atoms with E-state index in [0.717, 1.165) is 56.4 Å². The quantitative estimate of drug-likeness (QED) is 0.463. The Morgan fingerprint density at radius 3 is 2.58 bits per heavy atom. The first-order valence-corrected chi connectivity index (χ1v) is 16.1. The van der Waals surface area contributed by atoms with E-state index in [9.17, 15) is 18.0 Å². The summed E-state index contributed by atoms with van der Waals surface area (Å²) in [4.78, 5) is 28.2. The number of halogens is 1. The van der Waals surface area contributed by atoms with Crippen LogP contribution in [0.2, 0.25) is 5.02 Å². The van der Waals surface area contributed by atoms with Crippen LogP contribution >= 0.6 is 11.6 Å². The van der Waals surface area contributed by atoms with Gasteiger partial charge in [-0.2, -0.15) is 0 Å². The van der Waals surface area contributed by atoms with Crippen molar-refractivity contribution >= 4 is 39.1 Å². The predicted molar refractivity (Wildman–Crippen MR) is 156 cm³/mol. The Morgan fingerprint density at radius 2 is 1.80 bits per heavy atom. The van der Waals surface area contributed by atoms with Crippen molar-refractivity contribution in [2.75, 3.05) is 24.5 Å². The van der Waals surface area contributed by atoms with Crippen molar-refractivity contribution < 1.29 is 22.7 Å². The zero-order valence-corrected chi connectivity index (χ0v) is 24.7. The molecule has 2 bridgehead atoms. The van der Waals surface area contributed by atoms with Gasteiger partial charge in [-0.1, -0.05) is 24.6 Å². The number of anilines is 1. The summed E-state index contributed by atoms with van der Waals surface area (Å²) in [7, 11) is -4.00. The number of carbonyl (C=O) groups is 2. The minimum absolute atomic E-state index is 0.0869. The Balaban J connectivity index is 1.52. The van der Waals surface area contributed by atoms with Crippen LogP contribution in [0, 0.1) is 17.8 Å². The fraction of sp³-hybridized carbons (Fsp3) is 0.533. The summed E-state index contributed by atoms with van der Waals surface area (Å²) >= 11 is 6.29. The minimum atomic E-state index is -4.00. The number of nitrogens with zero attached hydrogens (tertiary/aromatic N) is 1. The van der Waals surface area contributed by atoms with Crippen LogP contribution in [0.5, 0.6) is 5.75 Å². The van der Waals surface area contributed by atoms with Crippen LogP contribution in [-0.4, -0.2) is 45.1 Å². The number of sulfonamides is 1. The number of hydrogen-bond donors (Lipinski definition) is 2. The summed E-state index contributed by atoms with van der Waals surface area (Å²) in [5.74, 6) is 0.104. The second kappa shape index (κ2) is 12.0. The standard InChI is InChI=1S/C30H38ClN3O5S/c1-19-13-29(35)32-16-23-6-7-24(23)17-34-12-4-3-5-21-14-26(31)10-8-25(21)18-39-28-11-9-22(15-27(28)34)30(36)33-40(37,38)20(19)2/h8-11,14-15,19-20,23-24H,3-7,12-13,16-18H2,1-2H3,(H,32,35)(H,33,36)/t19-,20-,23+,24+/m1/s1. The van der Waals surface area contributed by atoms with Crippen LogP contribution in [0.3, 0.4) is 0 Å². The van der Waals surface area contributed by atoms with Gasteiger partial charge in [0.2, 0.25) is 15.9 Å². The van der Waals surface area contributed by atoms with Crippen molar-refractivity contribution in [3.63, 3.8) is 0 Å². The van der Waals surface area contributed by atoms with E-state index in [4.69, 9.17) is 16.3 Å². The number of hydrogen-bond acceptors (Lipinski definition) is 6. The lowest BCUT2D eigenvalue weighted by Crippen LogP contribution is -2.45. The van der Waals surface area contributed by atoms with Crippen molar-refractivity contribution in [1.29, 1.82) is 0 Å². The van der Waals surface area contributed by atoms with Gasteiger partial charge in [0, 0.05) is 36.6 Å². The number of aryl methyl sites for hydroxylation is 1. The molecule has 0 spiro atoms. The number of benzene rings is 2. The molecule has 4 atom stereocenters. The van der Waals surface area contributed by atoms with Gasteiger partial charge in [0.25, 0.3) is 5.91 Å². The highest BCUT2D eigenvalue weighted by atomic mass is 35.5. The summed E-state index contributed by atoms with van der Waals surface area (Å²) in [5.41, 5.74) is 3.29. The molecule has 40 heavy (non-hydrogen) atoms. The number of fused-ring (bicyclic) bond motifs is 3. The molecule has 1 saturated carbocycles. The van der Waals surface area contributed by atoms with Crippen molar-refractivity contribution in [1.82, 2.24) is 10.0 Å². The molecule has 3 aliphatic rings. The van der Waals surface area contributed by atoms with Gasteiger partial charge >= 0.3 is 0 Å². The smallest absolute Gasteiger partial charge is 0.264 e. The van der Waals surface area contributed by atoms with Gasteiger partial charge < -0.3 is 15.0 Å². The van der Waals surface area contributed by atoms with Crippen molar-refractivity contribution in [2.45, 2.75) is 64.2 Å². The van der Waals surface area contributed by atoms with Gasteiger partial charge in [0.1, 0.15) is 12.4 Å². The minimum Gasteiger partial charge on any atom is -0.487 e. The number of rotatable bonds is 0. The van der Waals surface area contributed by atoms with Crippen LogP contribution in [-0.2, 0) is 27.8 Å². The van der Waals surface area contributed by atoms with Crippen molar-refractivity contribution in [3.05, 3.63) is 58.1 Å². The topological polar surface area (TPSA) is 105 Å². The Kier molecular flexibility index (Phi) is 8.61. The highest BCUT2D eigenvalue weighted by Crippen LogP contribution is 2.39. The van der Waals surface area contributed by atoms with Gasteiger partial charge in [0.15, 0.2) is 0 Å². The number of carbonyl (C=O) groups excluding carboxylic acids is 2. The maximum Gasteiger partial charge on any atom is 0.264 e. The molecular formula is C30H38ClN3O5S. The van der Waals surface area contributed by atoms with Crippen molar-refractivity contribution in [2.24, 2.45) is 17.8 Å². The normalized spacial score (nSPS) is 27.4. The third-order valence-electron chi connectivity index (χ3n) is 8.86. The zero-order valence-electron chi connectivity index (χ0n) is 23.1. The van der Waals surface area contributed by atoms with Crippen LogP contribution in [0.25, 0.3) is 0 Å². The SMILES string of the molecule is C[C@@H]1CC(=O)NC[C@@H]2CC[C@H]2CN2CCCCc3cc(Cl)ccc3COc3ccc(cc32)C(=O)NS(=O)(=O)[C@@H]1C. The van der Waals surface area contributed by atoms with Gasteiger partial charge in [0.05, 0.1) is 10.9 Å². The summed E-state index contributed by atoms with van der Waals surface area (Å²) in [5, 5.41) is 2.82. The van der Waals surface area contributed by atoms with E-state index in [1.165, 1.54) is 12.5 Å². The molecule has 0 unspecified atom stereocenters. The van der Waals surface area contributed by atoms with E-state index in [-0.39, 0.29) is 17.9 Å². The predicted octanol–water partition coefficient (Wildman–Crippen LogP) is 4.69. The molecule has 2 aromatic rings. The van der Waals surface area contributed by atoms with E-state index in [0.29, 0.717) is 35.8 Å². The van der Waals surface area contributed by atoms with Gasteiger partial charge in [-0.25, -0.2) is 13.1 Å². The van der Waals surface area contributed by atoms with Crippen LogP contribution in [0.15, 0.2) is 36.4 Å². The Labute approximate surface area is 241 Å². The van der Waals surface area contributed by atoms with E-state index >= 15 is 0 Å². The molecule has 2 amide bonds. The molecule has 2 aromatic carbocycles. The van der Waals surface area contributed by atoms with Gasteiger partial charge in [-0.05, 0) is 98.2 Å². The Morgan fingerprint density at radius 1 is 1.00 bits per heavy atom. The third-order valence-corrected chi connectivity index (χ3v) is 11.0. The number of amides is 2. The maximum absolute atomic E-state index is 13.2. The summed E-state index contributed by atoms with van der Waals surface area (Å²) in [6.45, 7) is 5.74. The fourth-order valence-electron chi connectivity index (χ4n) is 5.87. The van der Waals surface area contributed by atoms with E-state index in [1.807, 2.05) is 18.2 Å². The first-order valence-electron chi connectivity index (χ1n) is 14.2. The maximum atomic E-state index is 13.2. The highest BCUT2D eigenvalue weighted by Gasteiger charge is 2.35. The Hall–Kier alpha value is -2.78. The van der Waals surface area contributed by atoms with E-state index in [2.05, 4.69) is 14.9 Å². The molecule has 2 N–H and O–H groups in total. The summed E-state index contributed by atoms with van der Waals surface area (Å²) in [6, 6.07) is 11.0. The summed E-state index contributed by atoms with van der Waals surface area (Å²) in [6.07, 6.45) is 4.99. The van der Waals surface area contributed by atoms with E-state index in [1.54, 1.807) is 25.1 Å². The molecule has 0 aromatic heterocycles. The largest absolute Gasteiger partial charge is 0.487 e. The molecule has 8 nitrogen and oxygen atoms in total. The average molecular weight is 588 g/mol. The van der Waals surface area contributed by atoms with E-state index < -0.39 is 27.1 Å². The van der Waals surface area contributed by atoms with Gasteiger partial charge in [-0.3, -0.25) is 9.59 Å². The molecule has 10 heteroatoms. The fourth-order valence-corrected chi connectivity index (χ4v) is 7.34. The van der Waals surface area contributed by atoms with Crippen molar-refractivity contribution in [3.8, 4) is 5.75 Å². The lowest BCUT2D eigenvalue weighted by molar-refractivity contribution is -0.122. The molecule has 0 radical (unpaired) electrons. The number of nitrogens with one attached hydrogen (secondary N) is 2. The molecule has 2 aliphatic heterocycles. The zero-order chi connectivity index (χ0) is 28.4. The third kappa shape index (κ3) is 6.41. The summed E-state index contributed by atoms with van der Waals surface area (Å²) < 4.78 is 34.8. The van der Waals surface area contributed by atoms with Crippen LogP contribution in [0.1, 0.15) is 67.4 Å². The first-order chi connectivity index (χ1) is 19.1. The average Bonchev–Trinajstić information content (AvgIpc) is 2.93. The highest BCUT2D eigenvalue weighted by molar-refractivity contribution is 7.90.